The summed E-state index contributed by atoms with van der Waals surface area (Å²) < 4.78 is 17.2. The van der Waals surface area contributed by atoms with E-state index in [1.165, 1.54) is 71.2 Å². The molecule has 3 fully saturated rings. The molecule has 10 nitrogen and oxygen atoms in total. The van der Waals surface area contributed by atoms with Gasteiger partial charge in [0.15, 0.2) is 5.65 Å². The number of carbonyl (C=O) groups excluding carboxylic acids is 1. The molecule has 2 saturated heterocycles. The molecule has 2 aliphatic heterocycles. The molecule has 0 bridgehead atoms. The lowest BCUT2D eigenvalue weighted by Gasteiger charge is -2.40. The lowest BCUT2D eigenvalue weighted by molar-refractivity contribution is 0.0896. The number of nitrogens with one attached hydrogen (secondary N) is 1. The zero-order chi connectivity index (χ0) is 36.5. The average molecular weight is 736 g/mol. The molecule has 12 heteroatoms. The second kappa shape index (κ2) is 15.5. The number of thiazole rings is 1. The number of halogens is 1. The third-order valence-corrected chi connectivity index (χ3v) is 12.2. The topological polar surface area (TPSA) is 105 Å². The van der Waals surface area contributed by atoms with Gasteiger partial charge in [-0.2, -0.15) is 0 Å². The maximum Gasteiger partial charge on any atom is 0.337 e. The first kappa shape index (κ1) is 35.5. The number of aromatic nitrogens is 4. The van der Waals surface area contributed by atoms with Crippen molar-refractivity contribution in [2.75, 3.05) is 26.2 Å². The summed E-state index contributed by atoms with van der Waals surface area (Å²) in [7, 11) is 0. The summed E-state index contributed by atoms with van der Waals surface area (Å²) in [6.45, 7) is 7.55. The van der Waals surface area contributed by atoms with E-state index in [-0.39, 0.29) is 23.0 Å². The summed E-state index contributed by atoms with van der Waals surface area (Å²) in [5, 5.41) is 5.67. The summed E-state index contributed by atoms with van der Waals surface area (Å²) in [4.78, 5) is 54.7. The molecule has 53 heavy (non-hydrogen) atoms. The van der Waals surface area contributed by atoms with Crippen LogP contribution in [-0.4, -0.2) is 73.1 Å². The minimum absolute atomic E-state index is 0.0497. The molecule has 3 aromatic heterocycles. The minimum Gasteiger partial charge on any atom is -0.348 e. The molecule has 1 aliphatic carbocycles. The van der Waals surface area contributed by atoms with Gasteiger partial charge >= 0.3 is 5.69 Å². The zero-order valence-corrected chi connectivity index (χ0v) is 31.0. The molecular formula is C41H46FN7O3S. The lowest BCUT2D eigenvalue weighted by atomic mass is 9.90. The van der Waals surface area contributed by atoms with Crippen molar-refractivity contribution in [2.45, 2.75) is 89.4 Å². The fourth-order valence-electron chi connectivity index (χ4n) is 8.55. The summed E-state index contributed by atoms with van der Waals surface area (Å²) in [5.41, 5.74) is 3.20. The molecule has 1 N–H and O–H groups in total. The van der Waals surface area contributed by atoms with Crippen molar-refractivity contribution in [3.05, 3.63) is 109 Å². The van der Waals surface area contributed by atoms with Crippen LogP contribution in [0.4, 0.5) is 4.39 Å². The number of carbonyl (C=O) groups is 1. The highest BCUT2D eigenvalue weighted by molar-refractivity contribution is 7.09. The van der Waals surface area contributed by atoms with Crippen LogP contribution < -0.4 is 16.6 Å². The van der Waals surface area contributed by atoms with Crippen molar-refractivity contribution in [3.8, 4) is 16.8 Å². The van der Waals surface area contributed by atoms with E-state index in [0.717, 1.165) is 54.1 Å². The van der Waals surface area contributed by atoms with Crippen LogP contribution in [0.1, 0.15) is 84.9 Å². The van der Waals surface area contributed by atoms with Gasteiger partial charge in [-0.3, -0.25) is 19.1 Å². The highest BCUT2D eigenvalue weighted by atomic mass is 32.1. The number of aryl methyl sites for hydroxylation is 1. The lowest BCUT2D eigenvalue weighted by Crippen LogP contribution is -2.46. The molecule has 0 spiro atoms. The molecule has 0 unspecified atom stereocenters. The summed E-state index contributed by atoms with van der Waals surface area (Å²) in [5.74, 6) is -0.863. The van der Waals surface area contributed by atoms with Gasteiger partial charge in [-0.15, -0.1) is 11.3 Å². The second-order valence-corrected chi connectivity index (χ2v) is 16.0. The number of likely N-dealkylation sites (tertiary alicyclic amines) is 2. The summed E-state index contributed by atoms with van der Waals surface area (Å²) in [6.07, 6.45) is 9.76. The Labute approximate surface area is 312 Å². The zero-order valence-electron chi connectivity index (χ0n) is 30.2. The first-order valence-electron chi connectivity index (χ1n) is 19.0. The van der Waals surface area contributed by atoms with Crippen LogP contribution in [0.15, 0.2) is 75.8 Å². The van der Waals surface area contributed by atoms with Gasteiger partial charge in [0.05, 0.1) is 22.3 Å². The Hall–Kier alpha value is -4.52. The van der Waals surface area contributed by atoms with Gasteiger partial charge in [0.2, 0.25) is 0 Å². The maximum atomic E-state index is 14.6. The largest absolute Gasteiger partial charge is 0.348 e. The average Bonchev–Trinajstić information content (AvgIpc) is 3.63. The molecule has 3 aliphatic rings. The number of hydrogen-bond donors (Lipinski definition) is 1. The van der Waals surface area contributed by atoms with Crippen LogP contribution >= 0.6 is 11.3 Å². The Morgan fingerprint density at radius 3 is 2.36 bits per heavy atom. The SMILES string of the molecule is Cc1nc(C(=O)NC2CCC(n3c(=O)c4cc(F)cnc4n(-c4cccc(-c5ccc(CN6CCC(N7CCCCC7)CC6)cc5)c4)c3=O)CC2)cs1. The Bertz CT molecular complexity index is 2210. The summed E-state index contributed by atoms with van der Waals surface area (Å²) >= 11 is 1.42. The molecule has 5 aromatic rings. The van der Waals surface area contributed by atoms with E-state index < -0.39 is 23.1 Å². The van der Waals surface area contributed by atoms with Gasteiger partial charge in [-0.1, -0.05) is 42.8 Å². The van der Waals surface area contributed by atoms with E-state index in [0.29, 0.717) is 37.1 Å². The highest BCUT2D eigenvalue weighted by Gasteiger charge is 2.29. The Kier molecular flexibility index (Phi) is 10.4. The van der Waals surface area contributed by atoms with Crippen LogP contribution in [0.25, 0.3) is 27.8 Å². The first-order chi connectivity index (χ1) is 25.8. The van der Waals surface area contributed by atoms with Crippen molar-refractivity contribution in [2.24, 2.45) is 0 Å². The fourth-order valence-corrected chi connectivity index (χ4v) is 9.15. The quantitative estimate of drug-likeness (QED) is 0.195. The highest BCUT2D eigenvalue weighted by Crippen LogP contribution is 2.29. The van der Waals surface area contributed by atoms with Crippen LogP contribution in [0, 0.1) is 12.7 Å². The molecule has 276 valence electrons. The predicted molar refractivity (Wildman–Crippen MR) is 206 cm³/mol. The van der Waals surface area contributed by atoms with E-state index in [9.17, 15) is 18.8 Å². The Morgan fingerprint density at radius 1 is 0.887 bits per heavy atom. The third-order valence-electron chi connectivity index (χ3n) is 11.4. The number of piperidine rings is 2. The molecule has 1 amide bonds. The van der Waals surface area contributed by atoms with Gasteiger partial charge in [0.25, 0.3) is 11.5 Å². The van der Waals surface area contributed by atoms with E-state index in [4.69, 9.17) is 0 Å². The van der Waals surface area contributed by atoms with Crippen molar-refractivity contribution in [3.63, 3.8) is 0 Å². The number of fused-ring (bicyclic) bond motifs is 1. The molecule has 1 saturated carbocycles. The van der Waals surface area contributed by atoms with Gasteiger partial charge in [0, 0.05) is 30.1 Å². The van der Waals surface area contributed by atoms with Crippen molar-refractivity contribution < 1.29 is 9.18 Å². The standard InChI is InChI=1S/C41H46FN7O3S/c1-27-44-37(26-53-27)39(50)45-32-12-14-34(15-13-32)49-40(51)36-23-31(42)24-43-38(36)48(41(49)52)35-7-5-6-30(22-35)29-10-8-28(9-11-29)25-46-20-16-33(17-21-46)47-18-3-2-4-19-47/h5-11,22-24,26,32-34H,2-4,12-21,25H2,1H3,(H,45,50). The number of nitrogens with zero attached hydrogens (tertiary/aromatic N) is 6. The van der Waals surface area contributed by atoms with E-state index in [1.54, 1.807) is 5.38 Å². The van der Waals surface area contributed by atoms with Crippen molar-refractivity contribution in [1.82, 2.24) is 34.2 Å². The van der Waals surface area contributed by atoms with E-state index >= 15 is 0 Å². The van der Waals surface area contributed by atoms with Crippen LogP contribution in [-0.2, 0) is 6.54 Å². The van der Waals surface area contributed by atoms with Crippen molar-refractivity contribution >= 4 is 28.3 Å². The number of pyridine rings is 1. The van der Waals surface area contributed by atoms with E-state index in [1.807, 2.05) is 31.2 Å². The second-order valence-electron chi connectivity index (χ2n) is 14.9. The molecule has 5 heterocycles. The third kappa shape index (κ3) is 7.63. The molecular weight excluding hydrogens is 690 g/mol. The van der Waals surface area contributed by atoms with Crippen LogP contribution in [0.3, 0.4) is 0 Å². The van der Waals surface area contributed by atoms with Gasteiger partial charge in [0.1, 0.15) is 11.5 Å². The smallest absolute Gasteiger partial charge is 0.337 e. The minimum atomic E-state index is -0.643. The number of rotatable bonds is 8. The maximum absolute atomic E-state index is 14.6. The molecule has 8 rings (SSSR count). The van der Waals surface area contributed by atoms with E-state index in [2.05, 4.69) is 49.4 Å². The Morgan fingerprint density at radius 2 is 1.64 bits per heavy atom. The van der Waals surface area contributed by atoms with Gasteiger partial charge in [-0.25, -0.2) is 23.7 Å². The first-order valence-corrected chi connectivity index (χ1v) is 19.9. The molecule has 0 radical (unpaired) electrons. The predicted octanol–water partition coefficient (Wildman–Crippen LogP) is 6.48. The number of benzene rings is 2. The Balaban J connectivity index is 1.00. The fraction of sp³-hybridized carbons (Fsp3) is 0.439. The summed E-state index contributed by atoms with van der Waals surface area (Å²) in [6, 6.07) is 17.6. The van der Waals surface area contributed by atoms with Crippen LogP contribution in [0.2, 0.25) is 0 Å². The van der Waals surface area contributed by atoms with Gasteiger partial charge < -0.3 is 10.2 Å². The number of amides is 1. The monoisotopic (exact) mass is 735 g/mol. The van der Waals surface area contributed by atoms with Crippen molar-refractivity contribution in [1.29, 1.82) is 0 Å². The van der Waals surface area contributed by atoms with Crippen LogP contribution in [0.5, 0.6) is 0 Å². The normalized spacial score (nSPS) is 20.5. The number of hydrogen-bond acceptors (Lipinski definition) is 8. The molecule has 0 atom stereocenters. The molecule has 2 aromatic carbocycles. The van der Waals surface area contributed by atoms with Gasteiger partial charge in [-0.05, 0) is 119 Å².